The second-order valence-electron chi connectivity index (χ2n) is 7.75. The summed E-state index contributed by atoms with van der Waals surface area (Å²) >= 11 is 2.44. The van der Waals surface area contributed by atoms with Crippen LogP contribution in [0.5, 0.6) is 0 Å². The highest BCUT2D eigenvalue weighted by atomic mass is 32.2. The Morgan fingerprint density at radius 3 is 2.35 bits per heavy atom. The molecule has 0 spiro atoms. The number of carbonyl (C=O) groups excluding carboxylic acids is 3. The minimum Gasteiger partial charge on any atom is -0.368 e. The van der Waals surface area contributed by atoms with Crippen molar-refractivity contribution in [3.63, 3.8) is 0 Å². The van der Waals surface area contributed by atoms with E-state index in [1.807, 2.05) is 5.38 Å². The van der Waals surface area contributed by atoms with Crippen molar-refractivity contribution in [2.24, 2.45) is 15.9 Å². The smallest absolute Gasteiger partial charge is 0.289 e. The standard InChI is InChI=1S/C21H22N8O5S3/c1-12(30)24-21(25-14-5-7-15(8-6-14)37(23,33)34)26-20(22)29(27-21)19(32)18-16(9-11-36-18)28(13(2)31)17-4-3-10-35-17/h3-11,25,27H,1-2H3,(H2,22,26)(H,24,30)(H2,23,33,34). The lowest BCUT2D eigenvalue weighted by Gasteiger charge is -2.30. The Bertz CT molecular complexity index is 1480. The molecule has 3 amide bonds. The molecule has 3 aromatic rings. The molecule has 0 aliphatic carbocycles. The number of primary sulfonamides is 1. The van der Waals surface area contributed by atoms with Crippen LogP contribution in [0.1, 0.15) is 23.5 Å². The van der Waals surface area contributed by atoms with Gasteiger partial charge in [-0.2, -0.15) is 10.4 Å². The third kappa shape index (κ3) is 5.47. The summed E-state index contributed by atoms with van der Waals surface area (Å²) in [4.78, 5) is 43.8. The maximum atomic E-state index is 13.6. The molecule has 1 aromatic carbocycles. The molecule has 13 nitrogen and oxygen atoms in total. The van der Waals surface area contributed by atoms with E-state index in [1.165, 1.54) is 54.3 Å². The zero-order valence-electron chi connectivity index (χ0n) is 19.5. The highest BCUT2D eigenvalue weighted by Crippen LogP contribution is 2.36. The molecule has 7 N–H and O–H groups in total. The molecule has 37 heavy (non-hydrogen) atoms. The SMILES string of the molecule is CC(=O)NC1(Nc2ccc(S(N)(=O)=O)cc2)N=C(N)N(C(=O)c2sccc2N(C(C)=O)c2cccs2)N1. The second kappa shape index (κ2) is 9.91. The molecule has 194 valence electrons. The summed E-state index contributed by atoms with van der Waals surface area (Å²) in [5, 5.41) is 15.7. The fourth-order valence-corrected chi connectivity index (χ4v) is 5.64. The van der Waals surface area contributed by atoms with Crippen molar-refractivity contribution in [3.05, 3.63) is 58.1 Å². The highest BCUT2D eigenvalue weighted by molar-refractivity contribution is 7.89. The molecule has 1 atom stereocenters. The van der Waals surface area contributed by atoms with Crippen LogP contribution in [0.2, 0.25) is 0 Å². The summed E-state index contributed by atoms with van der Waals surface area (Å²) in [5.74, 6) is -3.46. The zero-order chi connectivity index (χ0) is 27.0. The van der Waals surface area contributed by atoms with Crippen molar-refractivity contribution >= 4 is 72.8 Å². The first-order chi connectivity index (χ1) is 17.4. The summed E-state index contributed by atoms with van der Waals surface area (Å²) in [6.07, 6.45) is 0. The number of nitrogens with one attached hydrogen (secondary N) is 3. The summed E-state index contributed by atoms with van der Waals surface area (Å²) < 4.78 is 23.1. The fourth-order valence-electron chi connectivity index (χ4n) is 3.54. The lowest BCUT2D eigenvalue weighted by molar-refractivity contribution is -0.121. The summed E-state index contributed by atoms with van der Waals surface area (Å²) in [6.45, 7) is 2.64. The van der Waals surface area contributed by atoms with Gasteiger partial charge in [0.1, 0.15) is 9.88 Å². The monoisotopic (exact) mass is 562 g/mol. The molecule has 16 heteroatoms. The quantitative estimate of drug-likeness (QED) is 0.266. The first-order valence-electron chi connectivity index (χ1n) is 10.5. The normalized spacial score (nSPS) is 17.3. The van der Waals surface area contributed by atoms with Gasteiger partial charge in [-0.25, -0.2) is 18.6 Å². The van der Waals surface area contributed by atoms with Crippen LogP contribution in [0.15, 0.2) is 63.1 Å². The molecule has 1 aliphatic heterocycles. The summed E-state index contributed by atoms with van der Waals surface area (Å²) in [6, 6.07) is 10.5. The van der Waals surface area contributed by atoms with Crippen LogP contribution >= 0.6 is 22.7 Å². The number of anilines is 3. The van der Waals surface area contributed by atoms with Crippen molar-refractivity contribution in [1.82, 2.24) is 15.8 Å². The number of nitrogens with two attached hydrogens (primary N) is 2. The number of hydrogen-bond donors (Lipinski definition) is 5. The summed E-state index contributed by atoms with van der Waals surface area (Å²) in [7, 11) is -3.91. The molecule has 0 fully saturated rings. The van der Waals surface area contributed by atoms with E-state index in [0.717, 1.165) is 16.3 Å². The van der Waals surface area contributed by atoms with Gasteiger partial charge in [0.15, 0.2) is 0 Å². The van der Waals surface area contributed by atoms with Gasteiger partial charge in [0.25, 0.3) is 11.8 Å². The number of hydrazine groups is 1. The number of rotatable bonds is 7. The predicted octanol–water partition coefficient (Wildman–Crippen LogP) is 1.28. The Kier molecular flexibility index (Phi) is 7.03. The van der Waals surface area contributed by atoms with Gasteiger partial charge in [0.2, 0.25) is 27.8 Å². The molecular weight excluding hydrogens is 540 g/mol. The van der Waals surface area contributed by atoms with Gasteiger partial charge in [-0.1, -0.05) is 0 Å². The molecule has 0 saturated carbocycles. The Labute approximate surface area is 219 Å². The highest BCUT2D eigenvalue weighted by Gasteiger charge is 2.43. The van der Waals surface area contributed by atoms with E-state index in [9.17, 15) is 22.8 Å². The van der Waals surface area contributed by atoms with Crippen LogP contribution in [0.25, 0.3) is 0 Å². The van der Waals surface area contributed by atoms with E-state index in [4.69, 9.17) is 10.9 Å². The van der Waals surface area contributed by atoms with E-state index in [2.05, 4.69) is 21.1 Å². The third-order valence-electron chi connectivity index (χ3n) is 4.97. The number of carbonyl (C=O) groups is 3. The molecule has 4 rings (SSSR count). The predicted molar refractivity (Wildman–Crippen MR) is 140 cm³/mol. The Balaban J connectivity index is 1.64. The fraction of sp³-hybridized carbons (Fsp3) is 0.143. The maximum absolute atomic E-state index is 13.6. The first kappa shape index (κ1) is 26.2. The molecular formula is C21H22N8O5S3. The van der Waals surface area contributed by atoms with Crippen LogP contribution in [0.4, 0.5) is 16.4 Å². The number of guanidine groups is 1. The van der Waals surface area contributed by atoms with E-state index < -0.39 is 27.7 Å². The van der Waals surface area contributed by atoms with Crippen molar-refractivity contribution in [2.75, 3.05) is 10.2 Å². The van der Waals surface area contributed by atoms with Gasteiger partial charge in [0.05, 0.1) is 10.6 Å². The molecule has 2 aromatic heterocycles. The van der Waals surface area contributed by atoms with Gasteiger partial charge >= 0.3 is 0 Å². The number of thiophene rings is 2. The lowest BCUT2D eigenvalue weighted by atomic mass is 10.3. The Hall–Kier alpha value is -3.83. The number of sulfonamides is 1. The van der Waals surface area contributed by atoms with Gasteiger partial charge in [-0.3, -0.25) is 19.3 Å². The van der Waals surface area contributed by atoms with Crippen molar-refractivity contribution < 1.29 is 22.8 Å². The van der Waals surface area contributed by atoms with Crippen molar-refractivity contribution in [3.8, 4) is 0 Å². The lowest BCUT2D eigenvalue weighted by Crippen LogP contribution is -2.64. The molecule has 0 radical (unpaired) electrons. The van der Waals surface area contributed by atoms with Gasteiger partial charge in [0, 0.05) is 19.5 Å². The molecule has 0 saturated heterocycles. The Morgan fingerprint density at radius 2 is 1.78 bits per heavy atom. The number of hydrogen-bond acceptors (Lipinski definition) is 11. The van der Waals surface area contributed by atoms with E-state index in [1.54, 1.807) is 23.6 Å². The number of nitrogens with zero attached hydrogens (tertiary/aromatic N) is 3. The van der Waals surface area contributed by atoms with Crippen LogP contribution < -0.4 is 31.8 Å². The van der Waals surface area contributed by atoms with E-state index in [-0.39, 0.29) is 21.6 Å². The minimum atomic E-state index is -3.91. The van der Waals surface area contributed by atoms with Crippen molar-refractivity contribution in [1.29, 1.82) is 0 Å². The topological polar surface area (TPSA) is 192 Å². The van der Waals surface area contributed by atoms with Crippen LogP contribution in [-0.4, -0.2) is 43.0 Å². The second-order valence-corrected chi connectivity index (χ2v) is 11.2. The first-order valence-corrected chi connectivity index (χ1v) is 13.8. The third-order valence-corrected chi connectivity index (χ3v) is 7.65. The van der Waals surface area contributed by atoms with Gasteiger partial charge in [-0.05, 0) is 53.2 Å². The average molecular weight is 563 g/mol. The van der Waals surface area contributed by atoms with Crippen LogP contribution in [0.3, 0.4) is 0 Å². The molecule has 1 unspecified atom stereocenters. The van der Waals surface area contributed by atoms with Crippen molar-refractivity contribution in [2.45, 2.75) is 24.7 Å². The number of benzene rings is 1. The van der Waals surface area contributed by atoms with Crippen LogP contribution in [0, 0.1) is 0 Å². The van der Waals surface area contributed by atoms with Gasteiger partial charge in [-0.15, -0.1) is 22.7 Å². The van der Waals surface area contributed by atoms with E-state index >= 15 is 0 Å². The van der Waals surface area contributed by atoms with Gasteiger partial charge < -0.3 is 16.4 Å². The summed E-state index contributed by atoms with van der Waals surface area (Å²) in [5.41, 5.74) is 9.55. The molecule has 0 bridgehead atoms. The maximum Gasteiger partial charge on any atom is 0.289 e. The van der Waals surface area contributed by atoms with E-state index in [0.29, 0.717) is 16.4 Å². The number of aliphatic imine (C=N–C) groups is 1. The minimum absolute atomic E-state index is 0.114. The number of amides is 3. The average Bonchev–Trinajstić information content (AvgIpc) is 3.54. The molecule has 3 heterocycles. The molecule has 1 aliphatic rings. The van der Waals surface area contributed by atoms with Crippen LogP contribution in [-0.2, 0) is 19.6 Å². The largest absolute Gasteiger partial charge is 0.368 e. The zero-order valence-corrected chi connectivity index (χ0v) is 21.9. The Morgan fingerprint density at radius 1 is 1.08 bits per heavy atom.